The molecule has 1 aliphatic rings. The minimum Gasteiger partial charge on any atom is -0.490 e. The van der Waals surface area contributed by atoms with E-state index in [2.05, 4.69) is 4.99 Å². The highest BCUT2D eigenvalue weighted by atomic mass is 35.5. The van der Waals surface area contributed by atoms with Crippen LogP contribution in [0, 0.1) is 10.1 Å². The van der Waals surface area contributed by atoms with Crippen LogP contribution in [0.1, 0.15) is 31.4 Å². The first-order valence-electron chi connectivity index (χ1n) is 8.61. The van der Waals surface area contributed by atoms with Gasteiger partial charge in [0.1, 0.15) is 10.8 Å². The van der Waals surface area contributed by atoms with Crippen molar-refractivity contribution in [1.82, 2.24) is 0 Å². The lowest BCUT2D eigenvalue weighted by atomic mass is 10.1. The number of nitrogens with zero attached hydrogens (tertiary/aromatic N) is 2. The third kappa shape index (κ3) is 4.20. The number of aliphatic imine (C=N–C) groups is 1. The Kier molecular flexibility index (Phi) is 5.75. The number of nitro benzene ring substituents is 1. The predicted molar refractivity (Wildman–Crippen MR) is 106 cm³/mol. The summed E-state index contributed by atoms with van der Waals surface area (Å²) in [6.45, 7) is 3.97. The van der Waals surface area contributed by atoms with E-state index in [9.17, 15) is 14.9 Å². The number of esters is 1. The van der Waals surface area contributed by atoms with Crippen molar-refractivity contribution in [2.75, 3.05) is 0 Å². The number of ether oxygens (including phenoxy) is 2. The average molecular weight is 401 g/mol. The molecule has 1 aliphatic heterocycles. The maximum absolute atomic E-state index is 12.2. The fraction of sp³-hybridized carbons (Fsp3) is 0.200. The van der Waals surface area contributed by atoms with Crippen LogP contribution in [0.4, 0.5) is 5.69 Å². The van der Waals surface area contributed by atoms with Gasteiger partial charge in [-0.05, 0) is 37.6 Å². The van der Waals surface area contributed by atoms with E-state index in [0.29, 0.717) is 11.3 Å². The maximum Gasteiger partial charge on any atom is 0.363 e. The van der Waals surface area contributed by atoms with E-state index in [4.69, 9.17) is 21.1 Å². The van der Waals surface area contributed by atoms with Crippen LogP contribution in [0.15, 0.2) is 53.2 Å². The first-order chi connectivity index (χ1) is 13.4. The highest BCUT2D eigenvalue weighted by Gasteiger charge is 2.26. The summed E-state index contributed by atoms with van der Waals surface area (Å²) in [5, 5.41) is 11.0. The van der Waals surface area contributed by atoms with Crippen LogP contribution in [-0.2, 0) is 9.53 Å². The summed E-state index contributed by atoms with van der Waals surface area (Å²) in [6, 6.07) is 11.4. The van der Waals surface area contributed by atoms with Crippen molar-refractivity contribution in [2.24, 2.45) is 4.99 Å². The Morgan fingerprint density at radius 2 is 2.07 bits per heavy atom. The molecule has 144 valence electrons. The lowest BCUT2D eigenvalue weighted by Gasteiger charge is -2.14. The van der Waals surface area contributed by atoms with Gasteiger partial charge in [0.15, 0.2) is 5.70 Å². The summed E-state index contributed by atoms with van der Waals surface area (Å²) in [4.78, 5) is 26.9. The number of nitro groups is 1. The van der Waals surface area contributed by atoms with Gasteiger partial charge in [0.05, 0.1) is 11.0 Å². The summed E-state index contributed by atoms with van der Waals surface area (Å²) in [5.41, 5.74) is 0.759. The van der Waals surface area contributed by atoms with Crippen LogP contribution >= 0.6 is 11.6 Å². The number of benzene rings is 2. The van der Waals surface area contributed by atoms with Crippen molar-refractivity contribution in [3.63, 3.8) is 0 Å². The predicted octanol–water partition coefficient (Wildman–Crippen LogP) is 4.77. The monoisotopic (exact) mass is 400 g/mol. The largest absolute Gasteiger partial charge is 0.490 e. The number of para-hydroxylation sites is 1. The number of rotatable bonds is 6. The van der Waals surface area contributed by atoms with E-state index in [-0.39, 0.29) is 34.0 Å². The molecule has 0 aromatic heterocycles. The van der Waals surface area contributed by atoms with Crippen molar-refractivity contribution in [2.45, 2.75) is 26.4 Å². The Balaban J connectivity index is 1.95. The minimum absolute atomic E-state index is 0.00874. The van der Waals surface area contributed by atoms with Crippen molar-refractivity contribution in [3.05, 3.63) is 74.4 Å². The zero-order valence-corrected chi connectivity index (χ0v) is 16.0. The SMILES string of the molecule is CCC(C)Oc1ccccc1/C=C1\N=C(c2ccc(Cl)c([N+](=O)[O-])c2)OC1=O. The second-order valence-electron chi connectivity index (χ2n) is 6.13. The average Bonchev–Trinajstić information content (AvgIpc) is 3.03. The fourth-order valence-electron chi connectivity index (χ4n) is 2.47. The summed E-state index contributed by atoms with van der Waals surface area (Å²) in [6.07, 6.45) is 2.42. The molecule has 0 saturated heterocycles. The zero-order chi connectivity index (χ0) is 20.3. The van der Waals surface area contributed by atoms with Gasteiger partial charge in [-0.3, -0.25) is 10.1 Å². The molecule has 0 N–H and O–H groups in total. The lowest BCUT2D eigenvalue weighted by Crippen LogP contribution is -2.10. The molecule has 0 bridgehead atoms. The Labute approximate surface area is 166 Å². The molecule has 8 heteroatoms. The molecule has 0 radical (unpaired) electrons. The Morgan fingerprint density at radius 1 is 1.32 bits per heavy atom. The number of hydrogen-bond acceptors (Lipinski definition) is 6. The smallest absolute Gasteiger partial charge is 0.363 e. The van der Waals surface area contributed by atoms with Gasteiger partial charge in [-0.25, -0.2) is 9.79 Å². The molecule has 0 amide bonds. The van der Waals surface area contributed by atoms with E-state index < -0.39 is 10.9 Å². The summed E-state index contributed by atoms with van der Waals surface area (Å²) < 4.78 is 11.1. The molecule has 28 heavy (non-hydrogen) atoms. The molecule has 1 unspecified atom stereocenters. The van der Waals surface area contributed by atoms with Gasteiger partial charge in [-0.1, -0.05) is 36.7 Å². The van der Waals surface area contributed by atoms with Crippen LogP contribution in [0.25, 0.3) is 6.08 Å². The molecular formula is C20H17ClN2O5. The van der Waals surface area contributed by atoms with E-state index in [1.165, 1.54) is 18.2 Å². The number of cyclic esters (lactones) is 1. The van der Waals surface area contributed by atoms with E-state index in [0.717, 1.165) is 6.42 Å². The molecule has 0 aliphatic carbocycles. The molecule has 3 rings (SSSR count). The molecular weight excluding hydrogens is 384 g/mol. The third-order valence-corrected chi connectivity index (χ3v) is 4.44. The van der Waals surface area contributed by atoms with Gasteiger partial charge in [0.2, 0.25) is 5.90 Å². The van der Waals surface area contributed by atoms with Crippen LogP contribution in [0.3, 0.4) is 0 Å². The van der Waals surface area contributed by atoms with Crippen LogP contribution in [-0.4, -0.2) is 22.9 Å². The van der Waals surface area contributed by atoms with Crippen molar-refractivity contribution < 1.29 is 19.2 Å². The quantitative estimate of drug-likeness (QED) is 0.301. The molecule has 0 fully saturated rings. The van der Waals surface area contributed by atoms with E-state index in [1.807, 2.05) is 32.0 Å². The number of halogens is 1. The van der Waals surface area contributed by atoms with Crippen molar-refractivity contribution in [3.8, 4) is 5.75 Å². The van der Waals surface area contributed by atoms with Crippen molar-refractivity contribution >= 4 is 35.2 Å². The van der Waals surface area contributed by atoms with Crippen LogP contribution in [0.2, 0.25) is 5.02 Å². The topological polar surface area (TPSA) is 91.0 Å². The minimum atomic E-state index is -0.647. The third-order valence-electron chi connectivity index (χ3n) is 4.12. The lowest BCUT2D eigenvalue weighted by molar-refractivity contribution is -0.384. The second kappa shape index (κ2) is 8.22. The van der Waals surface area contributed by atoms with Crippen molar-refractivity contribution in [1.29, 1.82) is 0 Å². The van der Waals surface area contributed by atoms with Gasteiger partial charge < -0.3 is 9.47 Å². The Bertz CT molecular complexity index is 1000. The summed E-state index contributed by atoms with van der Waals surface area (Å²) >= 11 is 5.82. The molecule has 0 spiro atoms. The van der Waals surface area contributed by atoms with E-state index in [1.54, 1.807) is 12.1 Å². The number of hydrogen-bond donors (Lipinski definition) is 0. The highest BCUT2D eigenvalue weighted by molar-refractivity contribution is 6.32. The van der Waals surface area contributed by atoms with Gasteiger partial charge in [0, 0.05) is 17.2 Å². The zero-order valence-electron chi connectivity index (χ0n) is 15.2. The normalized spacial score (nSPS) is 15.9. The first kappa shape index (κ1) is 19.6. The number of carbonyl (C=O) groups excluding carboxylic acids is 1. The van der Waals surface area contributed by atoms with Gasteiger partial charge >= 0.3 is 5.97 Å². The van der Waals surface area contributed by atoms with E-state index >= 15 is 0 Å². The molecule has 1 heterocycles. The summed E-state index contributed by atoms with van der Waals surface area (Å²) in [5.74, 6) is -0.0368. The molecule has 2 aromatic rings. The van der Waals surface area contributed by atoms with Gasteiger partial charge in [-0.2, -0.15) is 0 Å². The van der Waals surface area contributed by atoms with Gasteiger partial charge in [0.25, 0.3) is 5.69 Å². The fourth-order valence-corrected chi connectivity index (χ4v) is 2.66. The maximum atomic E-state index is 12.2. The molecule has 1 atom stereocenters. The first-order valence-corrected chi connectivity index (χ1v) is 8.99. The standard InChI is InChI=1S/C20H17ClN2O5/c1-3-12(2)27-18-7-5-4-6-13(18)10-16-20(24)28-19(22-16)14-8-9-15(21)17(11-14)23(25)26/h4-12H,3H2,1-2H3/b16-10-. The Hall–Kier alpha value is -3.19. The molecule has 7 nitrogen and oxygen atoms in total. The van der Waals surface area contributed by atoms with Crippen LogP contribution < -0.4 is 4.74 Å². The Morgan fingerprint density at radius 3 is 2.79 bits per heavy atom. The summed E-state index contributed by atoms with van der Waals surface area (Å²) in [7, 11) is 0. The number of carbonyl (C=O) groups is 1. The molecule has 0 saturated carbocycles. The highest BCUT2D eigenvalue weighted by Crippen LogP contribution is 2.29. The molecule has 2 aromatic carbocycles. The van der Waals surface area contributed by atoms with Crippen LogP contribution in [0.5, 0.6) is 5.75 Å². The second-order valence-corrected chi connectivity index (χ2v) is 6.54. The van der Waals surface area contributed by atoms with Gasteiger partial charge in [-0.15, -0.1) is 0 Å².